The average Bonchev–Trinajstić information content (AvgIpc) is 2.49. The molecule has 0 aromatic rings. The molecule has 1 atom stereocenters. The zero-order valence-corrected chi connectivity index (χ0v) is 8.55. The molecule has 2 saturated heterocycles. The van der Waals surface area contributed by atoms with Crippen LogP contribution < -0.4 is 10.6 Å². The largest absolute Gasteiger partial charge is 0.314 e. The second kappa shape index (κ2) is 4.40. The van der Waals surface area contributed by atoms with Gasteiger partial charge in [-0.05, 0) is 32.9 Å². The second-order valence-electron chi connectivity index (χ2n) is 4.43. The Hall–Kier alpha value is -0.120. The molecule has 2 rings (SSSR count). The predicted octanol–water partition coefficient (Wildman–Crippen LogP) is 0.0321. The van der Waals surface area contributed by atoms with Crippen LogP contribution in [0.4, 0.5) is 0 Å². The van der Waals surface area contributed by atoms with E-state index in [2.05, 4.69) is 22.5 Å². The smallest absolute Gasteiger partial charge is 0.0320 e. The van der Waals surface area contributed by atoms with Crippen LogP contribution in [-0.2, 0) is 0 Å². The molecular weight excluding hydrogens is 162 g/mol. The van der Waals surface area contributed by atoms with Crippen LogP contribution in [-0.4, -0.2) is 49.7 Å². The Kier molecular flexibility index (Phi) is 3.19. The Morgan fingerprint density at radius 1 is 1.38 bits per heavy atom. The number of nitrogens with zero attached hydrogens (tertiary/aromatic N) is 1. The van der Waals surface area contributed by atoms with E-state index in [0.717, 1.165) is 19.1 Å². The minimum Gasteiger partial charge on any atom is -0.314 e. The standard InChI is InChI=1S/C10H21N3/c1-9(12-10-6-11-7-10)8-13-4-2-3-5-13/h9-12H,2-8H2,1H3. The van der Waals surface area contributed by atoms with Crippen molar-refractivity contribution in [3.8, 4) is 0 Å². The highest BCUT2D eigenvalue weighted by Gasteiger charge is 2.20. The van der Waals surface area contributed by atoms with Gasteiger partial charge < -0.3 is 15.5 Å². The van der Waals surface area contributed by atoms with Crippen LogP contribution in [0.2, 0.25) is 0 Å². The molecule has 0 spiro atoms. The molecule has 2 fully saturated rings. The third-order valence-electron chi connectivity index (χ3n) is 3.03. The van der Waals surface area contributed by atoms with Gasteiger partial charge in [-0.15, -0.1) is 0 Å². The van der Waals surface area contributed by atoms with Crippen LogP contribution in [0.3, 0.4) is 0 Å². The molecule has 0 radical (unpaired) electrons. The molecule has 3 heteroatoms. The predicted molar refractivity (Wildman–Crippen MR) is 54.9 cm³/mol. The van der Waals surface area contributed by atoms with Crippen molar-refractivity contribution in [2.45, 2.75) is 31.8 Å². The van der Waals surface area contributed by atoms with Crippen LogP contribution in [0.5, 0.6) is 0 Å². The lowest BCUT2D eigenvalue weighted by molar-refractivity contribution is 0.262. The highest BCUT2D eigenvalue weighted by molar-refractivity contribution is 4.85. The van der Waals surface area contributed by atoms with Gasteiger partial charge in [0, 0.05) is 31.7 Å². The van der Waals surface area contributed by atoms with Gasteiger partial charge in [-0.1, -0.05) is 0 Å². The molecule has 1 unspecified atom stereocenters. The van der Waals surface area contributed by atoms with Gasteiger partial charge in [0.15, 0.2) is 0 Å². The first-order valence-corrected chi connectivity index (χ1v) is 5.54. The van der Waals surface area contributed by atoms with Crippen molar-refractivity contribution in [1.82, 2.24) is 15.5 Å². The maximum atomic E-state index is 3.64. The van der Waals surface area contributed by atoms with Crippen molar-refractivity contribution in [3.05, 3.63) is 0 Å². The van der Waals surface area contributed by atoms with Crippen molar-refractivity contribution in [2.75, 3.05) is 32.7 Å². The third kappa shape index (κ3) is 2.66. The normalized spacial score (nSPS) is 27.5. The maximum Gasteiger partial charge on any atom is 0.0320 e. The number of hydrogen-bond donors (Lipinski definition) is 2. The fourth-order valence-corrected chi connectivity index (χ4v) is 2.21. The summed E-state index contributed by atoms with van der Waals surface area (Å²) in [6.07, 6.45) is 2.80. The average molecular weight is 183 g/mol. The Morgan fingerprint density at radius 2 is 2.08 bits per heavy atom. The van der Waals surface area contributed by atoms with Gasteiger partial charge in [-0.3, -0.25) is 0 Å². The Morgan fingerprint density at radius 3 is 2.62 bits per heavy atom. The van der Waals surface area contributed by atoms with E-state index < -0.39 is 0 Å². The Bertz CT molecular complexity index is 150. The Labute approximate surface area is 80.9 Å². The molecule has 0 aromatic carbocycles. The number of nitrogens with one attached hydrogen (secondary N) is 2. The molecule has 2 aliphatic heterocycles. The summed E-state index contributed by atoms with van der Waals surface area (Å²) in [5.41, 5.74) is 0. The van der Waals surface area contributed by atoms with E-state index >= 15 is 0 Å². The maximum absolute atomic E-state index is 3.64. The van der Waals surface area contributed by atoms with Gasteiger partial charge in [0.05, 0.1) is 0 Å². The fraction of sp³-hybridized carbons (Fsp3) is 1.00. The number of hydrogen-bond acceptors (Lipinski definition) is 3. The summed E-state index contributed by atoms with van der Waals surface area (Å²) in [4.78, 5) is 2.57. The van der Waals surface area contributed by atoms with E-state index in [1.165, 1.54) is 32.5 Å². The van der Waals surface area contributed by atoms with Gasteiger partial charge in [-0.2, -0.15) is 0 Å². The first kappa shape index (κ1) is 9.44. The molecule has 0 bridgehead atoms. The molecule has 2 heterocycles. The van der Waals surface area contributed by atoms with Crippen molar-refractivity contribution >= 4 is 0 Å². The Balaban J connectivity index is 1.61. The molecule has 2 N–H and O–H groups in total. The topological polar surface area (TPSA) is 27.3 Å². The van der Waals surface area contributed by atoms with E-state index in [1.54, 1.807) is 0 Å². The minimum absolute atomic E-state index is 0.658. The van der Waals surface area contributed by atoms with Crippen LogP contribution in [0.1, 0.15) is 19.8 Å². The third-order valence-corrected chi connectivity index (χ3v) is 3.03. The quantitative estimate of drug-likeness (QED) is 0.644. The SMILES string of the molecule is CC(CN1CCCC1)NC1CNC1. The fourth-order valence-electron chi connectivity index (χ4n) is 2.21. The lowest BCUT2D eigenvalue weighted by Crippen LogP contribution is -2.58. The molecule has 13 heavy (non-hydrogen) atoms. The van der Waals surface area contributed by atoms with Crippen LogP contribution in [0, 0.1) is 0 Å². The van der Waals surface area contributed by atoms with Crippen LogP contribution in [0.25, 0.3) is 0 Å². The summed E-state index contributed by atoms with van der Waals surface area (Å²) in [6, 6.07) is 1.39. The first-order chi connectivity index (χ1) is 6.34. The molecular formula is C10H21N3. The minimum atomic E-state index is 0.658. The summed E-state index contributed by atoms with van der Waals surface area (Å²) >= 11 is 0. The monoisotopic (exact) mass is 183 g/mol. The molecule has 0 aliphatic carbocycles. The van der Waals surface area contributed by atoms with Gasteiger partial charge >= 0.3 is 0 Å². The highest BCUT2D eigenvalue weighted by Crippen LogP contribution is 2.07. The van der Waals surface area contributed by atoms with Crippen molar-refractivity contribution < 1.29 is 0 Å². The molecule has 0 amide bonds. The summed E-state index contributed by atoms with van der Waals surface area (Å²) in [5.74, 6) is 0. The number of rotatable bonds is 4. The van der Waals surface area contributed by atoms with E-state index in [-0.39, 0.29) is 0 Å². The van der Waals surface area contributed by atoms with Gasteiger partial charge in [-0.25, -0.2) is 0 Å². The van der Waals surface area contributed by atoms with Crippen LogP contribution in [0.15, 0.2) is 0 Å². The second-order valence-corrected chi connectivity index (χ2v) is 4.43. The van der Waals surface area contributed by atoms with Crippen molar-refractivity contribution in [1.29, 1.82) is 0 Å². The van der Waals surface area contributed by atoms with Gasteiger partial charge in [0.1, 0.15) is 0 Å². The lowest BCUT2D eigenvalue weighted by atomic mass is 10.1. The molecule has 3 nitrogen and oxygen atoms in total. The van der Waals surface area contributed by atoms with Gasteiger partial charge in [0.25, 0.3) is 0 Å². The molecule has 76 valence electrons. The summed E-state index contributed by atoms with van der Waals surface area (Å²) in [5, 5.41) is 6.92. The summed E-state index contributed by atoms with van der Waals surface area (Å²) in [6.45, 7) is 8.48. The molecule has 0 aromatic heterocycles. The summed E-state index contributed by atoms with van der Waals surface area (Å²) < 4.78 is 0. The highest BCUT2D eigenvalue weighted by atomic mass is 15.2. The molecule has 2 aliphatic rings. The van der Waals surface area contributed by atoms with E-state index in [9.17, 15) is 0 Å². The van der Waals surface area contributed by atoms with Crippen molar-refractivity contribution in [3.63, 3.8) is 0 Å². The molecule has 0 saturated carbocycles. The van der Waals surface area contributed by atoms with E-state index in [1.807, 2.05) is 0 Å². The van der Waals surface area contributed by atoms with Crippen molar-refractivity contribution in [2.24, 2.45) is 0 Å². The number of likely N-dealkylation sites (tertiary alicyclic amines) is 1. The zero-order chi connectivity index (χ0) is 9.10. The van der Waals surface area contributed by atoms with E-state index in [4.69, 9.17) is 0 Å². The van der Waals surface area contributed by atoms with E-state index in [0.29, 0.717) is 6.04 Å². The van der Waals surface area contributed by atoms with Crippen LogP contribution >= 0.6 is 0 Å². The first-order valence-electron chi connectivity index (χ1n) is 5.54. The zero-order valence-electron chi connectivity index (χ0n) is 8.55. The van der Waals surface area contributed by atoms with Gasteiger partial charge in [0.2, 0.25) is 0 Å². The summed E-state index contributed by atoms with van der Waals surface area (Å²) in [7, 11) is 0. The lowest BCUT2D eigenvalue weighted by Gasteiger charge is -2.32.